The van der Waals surface area contributed by atoms with Crippen molar-refractivity contribution in [3.8, 4) is 5.75 Å². The molecule has 0 aromatic heterocycles. The molecule has 1 aromatic carbocycles. The maximum absolute atomic E-state index is 14.2. The number of carbonyl (C=O) groups is 1. The molecule has 116 valence electrons. The van der Waals surface area contributed by atoms with E-state index >= 15 is 0 Å². The number of nitrogens with two attached hydrogens (primary N) is 1. The number of benzene rings is 1. The van der Waals surface area contributed by atoms with Gasteiger partial charge in [0.05, 0.1) is 0 Å². The first kappa shape index (κ1) is 15.9. The summed E-state index contributed by atoms with van der Waals surface area (Å²) in [6.45, 7) is 3.31. The number of phenolic OH excluding ortho intramolecular Hbond substituents is 1. The first-order valence-electron chi connectivity index (χ1n) is 6.88. The molecule has 1 heterocycles. The normalized spacial score (nSPS) is 15.8. The Kier molecular flexibility index (Phi) is 4.72. The van der Waals surface area contributed by atoms with Gasteiger partial charge in [-0.3, -0.25) is 10.2 Å². The Balaban J connectivity index is 2.60. The summed E-state index contributed by atoms with van der Waals surface area (Å²) in [4.78, 5) is 11.2. The number of hydrogen-bond acceptors (Lipinski definition) is 4. The van der Waals surface area contributed by atoms with E-state index in [-0.39, 0.29) is 17.0 Å². The van der Waals surface area contributed by atoms with Gasteiger partial charge in [-0.05, 0) is 49.2 Å². The zero-order valence-electron chi connectivity index (χ0n) is 12.2. The molecule has 0 unspecified atom stereocenters. The maximum atomic E-state index is 14.2. The maximum Gasteiger partial charge on any atom is 0.266 e. The monoisotopic (exact) mass is 303 g/mol. The minimum atomic E-state index is -0.871. The SMILES string of the molecule is CC1=C(/C(=C\C(=N)C(N)=O)c2ccc(O)cc2F)CCNC1. The van der Waals surface area contributed by atoms with Gasteiger partial charge in [0.25, 0.3) is 5.91 Å². The number of phenols is 1. The number of aromatic hydroxyl groups is 1. The van der Waals surface area contributed by atoms with Crippen LogP contribution >= 0.6 is 0 Å². The fourth-order valence-corrected chi connectivity index (χ4v) is 2.44. The molecule has 6 heteroatoms. The van der Waals surface area contributed by atoms with Crippen LogP contribution in [0.1, 0.15) is 18.9 Å². The van der Waals surface area contributed by atoms with Crippen molar-refractivity contribution in [1.29, 1.82) is 5.41 Å². The molecule has 0 saturated heterocycles. The molecule has 1 aliphatic rings. The summed E-state index contributed by atoms with van der Waals surface area (Å²) in [5.41, 5.74) is 7.33. The van der Waals surface area contributed by atoms with Crippen molar-refractivity contribution in [1.82, 2.24) is 5.32 Å². The predicted octanol–water partition coefficient (Wildman–Crippen LogP) is 1.73. The summed E-state index contributed by atoms with van der Waals surface area (Å²) in [5, 5.41) is 20.2. The first-order valence-corrected chi connectivity index (χ1v) is 6.88. The standard InChI is InChI=1S/C16H18FN3O2/c1-9-8-20-5-4-11(9)13(7-15(18)16(19)22)12-3-2-10(21)6-14(12)17/h2-3,6-7,18,20-21H,4-5,8H2,1H3,(H2,19,22)/b13-7+,18-15?. The lowest BCUT2D eigenvalue weighted by molar-refractivity contribution is -0.111. The Hall–Kier alpha value is -2.47. The van der Waals surface area contributed by atoms with Crippen LogP contribution in [0.5, 0.6) is 5.75 Å². The second-order valence-electron chi connectivity index (χ2n) is 5.19. The van der Waals surface area contributed by atoms with Crippen molar-refractivity contribution < 1.29 is 14.3 Å². The lowest BCUT2D eigenvalue weighted by atomic mass is 9.89. The molecule has 0 atom stereocenters. The topological polar surface area (TPSA) is 99.2 Å². The van der Waals surface area contributed by atoms with Crippen molar-refractivity contribution in [2.75, 3.05) is 13.1 Å². The van der Waals surface area contributed by atoms with E-state index in [9.17, 15) is 14.3 Å². The molecule has 0 bridgehead atoms. The second-order valence-corrected chi connectivity index (χ2v) is 5.19. The molecule has 1 aliphatic heterocycles. The van der Waals surface area contributed by atoms with Gasteiger partial charge in [-0.25, -0.2) is 4.39 Å². The highest BCUT2D eigenvalue weighted by Gasteiger charge is 2.19. The minimum absolute atomic E-state index is 0.179. The summed E-state index contributed by atoms with van der Waals surface area (Å²) < 4.78 is 14.2. The Morgan fingerprint density at radius 3 is 2.82 bits per heavy atom. The molecular formula is C16H18FN3O2. The van der Waals surface area contributed by atoms with E-state index in [2.05, 4.69) is 5.32 Å². The first-order chi connectivity index (χ1) is 10.4. The van der Waals surface area contributed by atoms with Gasteiger partial charge < -0.3 is 16.2 Å². The molecule has 0 radical (unpaired) electrons. The van der Waals surface area contributed by atoms with Gasteiger partial charge >= 0.3 is 0 Å². The van der Waals surface area contributed by atoms with Crippen LogP contribution in [0.2, 0.25) is 0 Å². The molecule has 2 rings (SSSR count). The number of allylic oxidation sites excluding steroid dienone is 1. The number of rotatable bonds is 4. The van der Waals surface area contributed by atoms with Gasteiger partial charge in [0.1, 0.15) is 17.3 Å². The smallest absolute Gasteiger partial charge is 0.266 e. The van der Waals surface area contributed by atoms with E-state index in [1.165, 1.54) is 18.2 Å². The molecular weight excluding hydrogens is 285 g/mol. The molecule has 0 aliphatic carbocycles. The largest absolute Gasteiger partial charge is 0.508 e. The van der Waals surface area contributed by atoms with Crippen LogP contribution in [0.3, 0.4) is 0 Å². The lowest BCUT2D eigenvalue weighted by Crippen LogP contribution is -2.25. The fraction of sp³-hybridized carbons (Fsp3) is 0.250. The quantitative estimate of drug-likeness (QED) is 0.637. The summed E-state index contributed by atoms with van der Waals surface area (Å²) in [7, 11) is 0. The van der Waals surface area contributed by atoms with E-state index in [4.69, 9.17) is 11.1 Å². The number of carbonyl (C=O) groups excluding carboxylic acids is 1. The average molecular weight is 303 g/mol. The lowest BCUT2D eigenvalue weighted by Gasteiger charge is -2.22. The number of hydrogen-bond donors (Lipinski definition) is 4. The van der Waals surface area contributed by atoms with Crippen LogP contribution in [0.4, 0.5) is 4.39 Å². The van der Waals surface area contributed by atoms with Crippen LogP contribution in [0.25, 0.3) is 5.57 Å². The number of amides is 1. The van der Waals surface area contributed by atoms with E-state index < -0.39 is 11.7 Å². The van der Waals surface area contributed by atoms with Crippen molar-refractivity contribution >= 4 is 17.2 Å². The predicted molar refractivity (Wildman–Crippen MR) is 83.1 cm³/mol. The van der Waals surface area contributed by atoms with E-state index in [0.717, 1.165) is 23.8 Å². The van der Waals surface area contributed by atoms with Gasteiger partial charge in [0.2, 0.25) is 0 Å². The van der Waals surface area contributed by atoms with Crippen LogP contribution in [-0.2, 0) is 4.79 Å². The third kappa shape index (κ3) is 3.40. The summed E-state index contributed by atoms with van der Waals surface area (Å²) in [6.07, 6.45) is 1.95. The van der Waals surface area contributed by atoms with Gasteiger partial charge in [-0.2, -0.15) is 0 Å². The third-order valence-corrected chi connectivity index (χ3v) is 3.58. The van der Waals surface area contributed by atoms with Crippen LogP contribution in [0.15, 0.2) is 35.4 Å². The summed E-state index contributed by atoms with van der Waals surface area (Å²) >= 11 is 0. The highest BCUT2D eigenvalue weighted by atomic mass is 19.1. The average Bonchev–Trinajstić information content (AvgIpc) is 2.46. The molecule has 22 heavy (non-hydrogen) atoms. The van der Waals surface area contributed by atoms with Gasteiger partial charge in [-0.15, -0.1) is 0 Å². The summed E-state index contributed by atoms with van der Waals surface area (Å²) in [6, 6.07) is 3.82. The Morgan fingerprint density at radius 1 is 1.50 bits per heavy atom. The molecule has 0 saturated carbocycles. The molecule has 5 nitrogen and oxygen atoms in total. The van der Waals surface area contributed by atoms with Crippen LogP contribution < -0.4 is 11.1 Å². The molecule has 1 aromatic rings. The molecule has 5 N–H and O–H groups in total. The Morgan fingerprint density at radius 2 is 2.23 bits per heavy atom. The highest BCUT2D eigenvalue weighted by molar-refractivity contribution is 6.42. The summed E-state index contributed by atoms with van der Waals surface area (Å²) in [5.74, 6) is -1.66. The van der Waals surface area contributed by atoms with Crippen LogP contribution in [0, 0.1) is 11.2 Å². The highest BCUT2D eigenvalue weighted by Crippen LogP contribution is 2.32. The zero-order valence-corrected chi connectivity index (χ0v) is 12.2. The second kappa shape index (κ2) is 6.53. The van der Waals surface area contributed by atoms with E-state index in [0.29, 0.717) is 18.5 Å². The number of primary amides is 1. The van der Waals surface area contributed by atoms with Gasteiger partial charge in [0, 0.05) is 18.2 Å². The van der Waals surface area contributed by atoms with Crippen LogP contribution in [-0.4, -0.2) is 29.8 Å². The Bertz CT molecular complexity index is 693. The third-order valence-electron chi connectivity index (χ3n) is 3.58. The zero-order chi connectivity index (χ0) is 16.3. The number of halogens is 1. The fourth-order valence-electron chi connectivity index (χ4n) is 2.44. The molecule has 1 amide bonds. The molecule has 0 fully saturated rings. The Labute approximate surface area is 127 Å². The van der Waals surface area contributed by atoms with Gasteiger partial charge in [-0.1, -0.05) is 5.57 Å². The minimum Gasteiger partial charge on any atom is -0.508 e. The van der Waals surface area contributed by atoms with Crippen molar-refractivity contribution in [3.05, 3.63) is 46.8 Å². The van der Waals surface area contributed by atoms with E-state index in [1.54, 1.807) is 0 Å². The van der Waals surface area contributed by atoms with E-state index in [1.807, 2.05) is 6.92 Å². The van der Waals surface area contributed by atoms with Crippen molar-refractivity contribution in [2.24, 2.45) is 5.73 Å². The molecule has 0 spiro atoms. The van der Waals surface area contributed by atoms with Crippen molar-refractivity contribution in [2.45, 2.75) is 13.3 Å². The van der Waals surface area contributed by atoms with Gasteiger partial charge in [0.15, 0.2) is 0 Å². The van der Waals surface area contributed by atoms with Crippen molar-refractivity contribution in [3.63, 3.8) is 0 Å². The number of nitrogens with one attached hydrogen (secondary N) is 2.